The van der Waals surface area contributed by atoms with Crippen LogP contribution in [0.4, 0.5) is 0 Å². The van der Waals surface area contributed by atoms with Crippen LogP contribution in [0.25, 0.3) is 16.6 Å². The van der Waals surface area contributed by atoms with Crippen molar-refractivity contribution in [2.45, 2.75) is 19.5 Å². The van der Waals surface area contributed by atoms with Crippen LogP contribution in [-0.4, -0.2) is 38.3 Å². The number of carbonyl (C=O) groups excluding carboxylic acids is 1. The van der Waals surface area contributed by atoms with Gasteiger partial charge in [-0.3, -0.25) is 18.9 Å². The van der Waals surface area contributed by atoms with Crippen molar-refractivity contribution in [2.75, 3.05) is 13.1 Å². The van der Waals surface area contributed by atoms with Crippen molar-refractivity contribution >= 4 is 22.5 Å². The van der Waals surface area contributed by atoms with Gasteiger partial charge < -0.3 is 10.3 Å². The molecule has 0 bridgehead atoms. The summed E-state index contributed by atoms with van der Waals surface area (Å²) in [6.07, 6.45) is 2.91. The molecule has 7 heteroatoms. The van der Waals surface area contributed by atoms with E-state index in [0.717, 1.165) is 17.6 Å². The van der Waals surface area contributed by atoms with Gasteiger partial charge in [-0.15, -0.1) is 0 Å². The standard InChI is InChI=1S/C22H21N5O2/c28-21-12-19(25-20-4-1-2-9-27(20)21)22(29)23-13-15-5-6-16-11-17(24-18(16)10-15)14-26-7-3-8-26/h1-2,4-6,9-12,24H,3,7-8,13-14H2,(H,23,29). The number of rotatable bonds is 5. The summed E-state index contributed by atoms with van der Waals surface area (Å²) in [6, 6.07) is 14.8. The van der Waals surface area contributed by atoms with Crippen molar-refractivity contribution in [3.05, 3.63) is 82.0 Å². The highest BCUT2D eigenvalue weighted by molar-refractivity contribution is 5.92. The Hall–Kier alpha value is -3.45. The number of H-pyrrole nitrogens is 1. The average molecular weight is 387 g/mol. The molecule has 2 N–H and O–H groups in total. The zero-order chi connectivity index (χ0) is 19.8. The third-order valence-corrected chi connectivity index (χ3v) is 5.34. The Morgan fingerprint density at radius 1 is 1.14 bits per heavy atom. The van der Waals surface area contributed by atoms with Gasteiger partial charge in [-0.1, -0.05) is 18.2 Å². The van der Waals surface area contributed by atoms with Crippen LogP contribution in [0, 0.1) is 0 Å². The fourth-order valence-electron chi connectivity index (χ4n) is 3.65. The number of fused-ring (bicyclic) bond motifs is 2. The molecule has 0 spiro atoms. The maximum Gasteiger partial charge on any atom is 0.270 e. The van der Waals surface area contributed by atoms with E-state index >= 15 is 0 Å². The Kier molecular flexibility index (Phi) is 4.37. The van der Waals surface area contributed by atoms with Gasteiger partial charge in [-0.25, -0.2) is 4.98 Å². The minimum Gasteiger partial charge on any atom is -0.357 e. The van der Waals surface area contributed by atoms with Gasteiger partial charge in [-0.05, 0) is 54.7 Å². The molecule has 1 amide bonds. The molecule has 4 aromatic rings. The van der Waals surface area contributed by atoms with Gasteiger partial charge in [0, 0.05) is 36.6 Å². The maximum absolute atomic E-state index is 12.5. The smallest absolute Gasteiger partial charge is 0.270 e. The number of likely N-dealkylation sites (tertiary alicyclic amines) is 1. The van der Waals surface area contributed by atoms with E-state index in [-0.39, 0.29) is 17.2 Å². The molecule has 0 saturated carbocycles. The SMILES string of the molecule is O=C(NCc1ccc2cc(CN3CCC3)[nH]c2c1)c1cc(=O)n2ccccc2n1. The number of hydrogen-bond acceptors (Lipinski definition) is 4. The minimum absolute atomic E-state index is 0.124. The van der Waals surface area contributed by atoms with E-state index in [1.807, 2.05) is 6.07 Å². The Balaban J connectivity index is 1.30. The van der Waals surface area contributed by atoms with Crippen molar-refractivity contribution in [3.63, 3.8) is 0 Å². The number of aromatic amines is 1. The lowest BCUT2D eigenvalue weighted by Gasteiger charge is -2.29. The fraction of sp³-hybridized carbons (Fsp3) is 0.227. The molecular weight excluding hydrogens is 366 g/mol. The van der Waals surface area contributed by atoms with Gasteiger partial charge in [0.05, 0.1) is 0 Å². The van der Waals surface area contributed by atoms with E-state index in [0.29, 0.717) is 12.2 Å². The molecule has 4 heterocycles. The first kappa shape index (κ1) is 17.6. The summed E-state index contributed by atoms with van der Waals surface area (Å²) < 4.78 is 1.41. The lowest BCUT2D eigenvalue weighted by atomic mass is 10.1. The van der Waals surface area contributed by atoms with E-state index in [1.165, 1.54) is 41.1 Å². The second-order valence-corrected chi connectivity index (χ2v) is 7.44. The second-order valence-electron chi connectivity index (χ2n) is 7.44. The topological polar surface area (TPSA) is 82.5 Å². The summed E-state index contributed by atoms with van der Waals surface area (Å²) >= 11 is 0. The molecule has 1 fully saturated rings. The predicted molar refractivity (Wildman–Crippen MR) is 111 cm³/mol. The molecule has 0 atom stereocenters. The average Bonchev–Trinajstić information content (AvgIpc) is 3.11. The maximum atomic E-state index is 12.5. The number of benzene rings is 1. The fourth-order valence-corrected chi connectivity index (χ4v) is 3.65. The zero-order valence-corrected chi connectivity index (χ0v) is 15.9. The number of carbonyl (C=O) groups is 1. The van der Waals surface area contributed by atoms with Crippen molar-refractivity contribution in [1.29, 1.82) is 0 Å². The summed E-state index contributed by atoms with van der Waals surface area (Å²) in [6.45, 7) is 3.65. The van der Waals surface area contributed by atoms with E-state index in [1.54, 1.807) is 24.4 Å². The van der Waals surface area contributed by atoms with Gasteiger partial charge in [0.25, 0.3) is 11.5 Å². The van der Waals surface area contributed by atoms with Crippen molar-refractivity contribution in [3.8, 4) is 0 Å². The molecule has 29 heavy (non-hydrogen) atoms. The summed E-state index contributed by atoms with van der Waals surface area (Å²) in [7, 11) is 0. The molecule has 1 saturated heterocycles. The van der Waals surface area contributed by atoms with Crippen molar-refractivity contribution in [1.82, 2.24) is 24.6 Å². The molecule has 0 unspecified atom stereocenters. The molecule has 146 valence electrons. The van der Waals surface area contributed by atoms with Gasteiger partial charge in [0.15, 0.2) is 0 Å². The monoisotopic (exact) mass is 387 g/mol. The normalized spacial score (nSPS) is 14.2. The van der Waals surface area contributed by atoms with E-state index in [9.17, 15) is 9.59 Å². The molecule has 7 nitrogen and oxygen atoms in total. The first-order valence-corrected chi connectivity index (χ1v) is 9.75. The van der Waals surface area contributed by atoms with Gasteiger partial charge in [0.2, 0.25) is 0 Å². The van der Waals surface area contributed by atoms with Crippen LogP contribution >= 0.6 is 0 Å². The van der Waals surface area contributed by atoms with Crippen LogP contribution in [0.2, 0.25) is 0 Å². The predicted octanol–water partition coefficient (Wildman–Crippen LogP) is 2.31. The second kappa shape index (κ2) is 7.18. The van der Waals surface area contributed by atoms with Crippen LogP contribution < -0.4 is 10.9 Å². The van der Waals surface area contributed by atoms with E-state index in [2.05, 4.69) is 38.4 Å². The quantitative estimate of drug-likeness (QED) is 0.551. The number of nitrogens with one attached hydrogen (secondary N) is 2. The number of aromatic nitrogens is 3. The Bertz CT molecular complexity index is 1270. The van der Waals surface area contributed by atoms with Crippen LogP contribution in [0.15, 0.2) is 59.5 Å². The first-order chi connectivity index (χ1) is 14.2. The molecule has 1 aliphatic rings. The molecule has 0 aliphatic carbocycles. The van der Waals surface area contributed by atoms with Crippen LogP contribution in [-0.2, 0) is 13.1 Å². The summed E-state index contributed by atoms with van der Waals surface area (Å²) in [5, 5.41) is 4.02. The Labute approximate surface area is 167 Å². The number of pyridine rings is 1. The highest BCUT2D eigenvalue weighted by Gasteiger charge is 2.15. The molecule has 1 aliphatic heterocycles. The van der Waals surface area contributed by atoms with Crippen LogP contribution in [0.1, 0.15) is 28.2 Å². The van der Waals surface area contributed by atoms with Crippen LogP contribution in [0.5, 0.6) is 0 Å². The number of hydrogen-bond donors (Lipinski definition) is 2. The zero-order valence-electron chi connectivity index (χ0n) is 15.9. The van der Waals surface area contributed by atoms with Gasteiger partial charge in [0.1, 0.15) is 11.3 Å². The highest BCUT2D eigenvalue weighted by atomic mass is 16.2. The summed E-state index contributed by atoms with van der Waals surface area (Å²) in [5.74, 6) is -0.362. The first-order valence-electron chi connectivity index (χ1n) is 9.75. The molecular formula is C22H21N5O2. The van der Waals surface area contributed by atoms with Gasteiger partial charge in [-0.2, -0.15) is 0 Å². The van der Waals surface area contributed by atoms with E-state index in [4.69, 9.17) is 0 Å². The molecule has 3 aromatic heterocycles. The van der Waals surface area contributed by atoms with E-state index < -0.39 is 0 Å². The van der Waals surface area contributed by atoms with Gasteiger partial charge >= 0.3 is 0 Å². The van der Waals surface area contributed by atoms with Crippen LogP contribution in [0.3, 0.4) is 0 Å². The summed E-state index contributed by atoms with van der Waals surface area (Å²) in [4.78, 5) is 34.8. The minimum atomic E-state index is -0.362. The Morgan fingerprint density at radius 3 is 2.86 bits per heavy atom. The third kappa shape index (κ3) is 3.52. The molecule has 1 aromatic carbocycles. The molecule has 0 radical (unpaired) electrons. The lowest BCUT2D eigenvalue weighted by Crippen LogP contribution is -2.36. The lowest BCUT2D eigenvalue weighted by molar-refractivity contribution is 0.0946. The largest absolute Gasteiger partial charge is 0.357 e. The molecule has 5 rings (SSSR count). The number of nitrogens with zero attached hydrogens (tertiary/aromatic N) is 3. The Morgan fingerprint density at radius 2 is 2.03 bits per heavy atom. The van der Waals surface area contributed by atoms with Crippen molar-refractivity contribution < 1.29 is 4.79 Å². The number of amides is 1. The third-order valence-electron chi connectivity index (χ3n) is 5.34. The summed E-state index contributed by atoms with van der Waals surface area (Å²) in [5.41, 5.74) is 3.56. The highest BCUT2D eigenvalue weighted by Crippen LogP contribution is 2.20. The van der Waals surface area contributed by atoms with Crippen molar-refractivity contribution in [2.24, 2.45) is 0 Å².